The minimum atomic E-state index is -0.577. The van der Waals surface area contributed by atoms with Crippen LogP contribution in [0.2, 0.25) is 0 Å². The van der Waals surface area contributed by atoms with Crippen molar-refractivity contribution in [2.75, 3.05) is 32.8 Å². The molecule has 0 aliphatic carbocycles. The highest BCUT2D eigenvalue weighted by Gasteiger charge is 2.19. The Balaban J connectivity index is 1.21. The van der Waals surface area contributed by atoms with Gasteiger partial charge in [0.15, 0.2) is 0 Å². The Bertz CT molecular complexity index is 831. The summed E-state index contributed by atoms with van der Waals surface area (Å²) in [4.78, 5) is 14.7. The number of rotatable bonds is 7. The van der Waals surface area contributed by atoms with Crippen LogP contribution in [0.4, 0.5) is 0 Å². The van der Waals surface area contributed by atoms with Gasteiger partial charge in [0.05, 0.1) is 6.10 Å². The standard InChI is InChI=1S/C25H32N2O3/c28-24(18-27-12-9-21-3-1-2-4-23(21)17-27)16-26-25(29)22-7-5-19(6-8-22)15-20-10-13-30-14-11-20/h1-8,20,24,28H,9-18H2,(H,26,29). The van der Waals surface area contributed by atoms with Crippen molar-refractivity contribution in [3.8, 4) is 0 Å². The van der Waals surface area contributed by atoms with Gasteiger partial charge < -0.3 is 15.2 Å². The van der Waals surface area contributed by atoms with Gasteiger partial charge in [-0.05, 0) is 60.4 Å². The second-order valence-corrected chi connectivity index (χ2v) is 8.57. The van der Waals surface area contributed by atoms with E-state index >= 15 is 0 Å². The lowest BCUT2D eigenvalue weighted by Crippen LogP contribution is -2.42. The molecule has 5 heteroatoms. The molecule has 2 aliphatic rings. The van der Waals surface area contributed by atoms with E-state index in [-0.39, 0.29) is 12.5 Å². The molecule has 1 atom stereocenters. The van der Waals surface area contributed by atoms with Crippen molar-refractivity contribution >= 4 is 5.91 Å². The number of amides is 1. The SMILES string of the molecule is O=C(NCC(O)CN1CCc2ccccc2C1)c1ccc(CC2CCOCC2)cc1. The quantitative estimate of drug-likeness (QED) is 0.740. The number of nitrogens with zero attached hydrogens (tertiary/aromatic N) is 1. The van der Waals surface area contributed by atoms with Crippen molar-refractivity contribution in [3.63, 3.8) is 0 Å². The van der Waals surface area contributed by atoms with Crippen molar-refractivity contribution in [2.45, 2.75) is 38.3 Å². The molecule has 1 unspecified atom stereocenters. The summed E-state index contributed by atoms with van der Waals surface area (Å²) in [5.74, 6) is 0.547. The highest BCUT2D eigenvalue weighted by molar-refractivity contribution is 5.94. The summed E-state index contributed by atoms with van der Waals surface area (Å²) in [5.41, 5.74) is 4.64. The molecule has 2 N–H and O–H groups in total. The topological polar surface area (TPSA) is 61.8 Å². The summed E-state index contributed by atoms with van der Waals surface area (Å²) >= 11 is 0. The van der Waals surface area contributed by atoms with Crippen LogP contribution in [0.3, 0.4) is 0 Å². The minimum Gasteiger partial charge on any atom is -0.390 e. The van der Waals surface area contributed by atoms with E-state index in [1.807, 2.05) is 24.3 Å². The molecule has 0 spiro atoms. The number of benzene rings is 2. The monoisotopic (exact) mass is 408 g/mol. The smallest absolute Gasteiger partial charge is 0.251 e. The molecule has 0 radical (unpaired) electrons. The summed E-state index contributed by atoms with van der Waals surface area (Å²) in [6.07, 6.45) is 3.70. The maximum atomic E-state index is 12.5. The molecule has 1 fully saturated rings. The lowest BCUT2D eigenvalue weighted by Gasteiger charge is -2.30. The molecule has 1 saturated heterocycles. The van der Waals surface area contributed by atoms with Crippen molar-refractivity contribution in [1.82, 2.24) is 10.2 Å². The maximum Gasteiger partial charge on any atom is 0.251 e. The summed E-state index contributed by atoms with van der Waals surface area (Å²) < 4.78 is 5.42. The third-order valence-corrected chi connectivity index (χ3v) is 6.26. The van der Waals surface area contributed by atoms with Crippen LogP contribution in [0.1, 0.15) is 39.9 Å². The van der Waals surface area contributed by atoms with Crippen LogP contribution in [0, 0.1) is 5.92 Å². The zero-order valence-electron chi connectivity index (χ0n) is 17.6. The average molecular weight is 409 g/mol. The summed E-state index contributed by atoms with van der Waals surface area (Å²) in [6, 6.07) is 16.3. The first-order valence-electron chi connectivity index (χ1n) is 11.1. The zero-order valence-corrected chi connectivity index (χ0v) is 17.6. The number of aliphatic hydroxyl groups excluding tert-OH is 1. The number of hydrogen-bond acceptors (Lipinski definition) is 4. The molecule has 1 amide bonds. The Kier molecular flexibility index (Phi) is 7.16. The molecule has 2 aromatic rings. The minimum absolute atomic E-state index is 0.129. The van der Waals surface area contributed by atoms with Gasteiger partial charge in [0, 0.05) is 45.0 Å². The van der Waals surface area contributed by atoms with Crippen LogP contribution >= 0.6 is 0 Å². The molecule has 2 heterocycles. The Hall–Kier alpha value is -2.21. The van der Waals surface area contributed by atoms with E-state index in [2.05, 4.69) is 34.5 Å². The Morgan fingerprint density at radius 2 is 1.83 bits per heavy atom. The van der Waals surface area contributed by atoms with Crippen LogP contribution in [0.5, 0.6) is 0 Å². The van der Waals surface area contributed by atoms with Gasteiger partial charge in [-0.25, -0.2) is 0 Å². The fourth-order valence-electron chi connectivity index (χ4n) is 4.46. The van der Waals surface area contributed by atoms with Gasteiger partial charge >= 0.3 is 0 Å². The Labute approximate surface area is 179 Å². The number of carbonyl (C=O) groups is 1. The molecule has 4 rings (SSSR count). The van der Waals surface area contributed by atoms with Gasteiger partial charge in [0.1, 0.15) is 0 Å². The fraction of sp³-hybridized carbons (Fsp3) is 0.480. The number of ether oxygens (including phenoxy) is 1. The molecule has 0 aromatic heterocycles. The first-order chi connectivity index (χ1) is 14.7. The third kappa shape index (κ3) is 5.69. The van der Waals surface area contributed by atoms with E-state index in [9.17, 15) is 9.90 Å². The number of aliphatic hydroxyl groups is 1. The van der Waals surface area contributed by atoms with Gasteiger partial charge in [0.2, 0.25) is 0 Å². The van der Waals surface area contributed by atoms with Crippen LogP contribution in [0.25, 0.3) is 0 Å². The van der Waals surface area contributed by atoms with Crippen molar-refractivity contribution in [3.05, 3.63) is 70.8 Å². The van der Waals surface area contributed by atoms with Crippen LogP contribution in [-0.4, -0.2) is 54.9 Å². The first kappa shape index (κ1) is 21.0. The third-order valence-electron chi connectivity index (χ3n) is 6.26. The summed E-state index contributed by atoms with van der Waals surface area (Å²) in [7, 11) is 0. The van der Waals surface area contributed by atoms with Crippen LogP contribution < -0.4 is 5.32 Å². The van der Waals surface area contributed by atoms with E-state index in [4.69, 9.17) is 4.74 Å². The largest absolute Gasteiger partial charge is 0.390 e. The number of β-amino-alcohol motifs (C(OH)–C–C–N with tert-alkyl or cyclic N) is 1. The van der Waals surface area contributed by atoms with Crippen LogP contribution in [-0.2, 0) is 24.1 Å². The number of nitrogens with one attached hydrogen (secondary N) is 1. The number of carbonyl (C=O) groups excluding carboxylic acids is 1. The summed E-state index contributed by atoms with van der Waals surface area (Å²) in [6.45, 7) is 4.35. The van der Waals surface area contributed by atoms with Gasteiger partial charge in [0.25, 0.3) is 5.91 Å². The molecule has 2 aliphatic heterocycles. The maximum absolute atomic E-state index is 12.5. The average Bonchev–Trinajstić information content (AvgIpc) is 2.78. The molecule has 160 valence electrons. The normalized spacial score (nSPS) is 18.6. The molecule has 2 aromatic carbocycles. The Morgan fingerprint density at radius 1 is 1.10 bits per heavy atom. The van der Waals surface area contributed by atoms with Gasteiger partial charge in [-0.2, -0.15) is 0 Å². The van der Waals surface area contributed by atoms with Crippen molar-refractivity contribution in [2.24, 2.45) is 5.92 Å². The zero-order chi connectivity index (χ0) is 20.8. The molecular formula is C25H32N2O3. The van der Waals surface area contributed by atoms with E-state index in [0.717, 1.165) is 52.0 Å². The van der Waals surface area contributed by atoms with Gasteiger partial charge in [-0.3, -0.25) is 9.69 Å². The highest BCUT2D eigenvalue weighted by atomic mass is 16.5. The lowest BCUT2D eigenvalue weighted by molar-refractivity contribution is 0.0665. The lowest BCUT2D eigenvalue weighted by atomic mass is 9.92. The predicted octanol–water partition coefficient (Wildman–Crippen LogP) is 2.80. The predicted molar refractivity (Wildman–Crippen MR) is 117 cm³/mol. The van der Waals surface area contributed by atoms with E-state index in [0.29, 0.717) is 18.0 Å². The van der Waals surface area contributed by atoms with Crippen molar-refractivity contribution in [1.29, 1.82) is 0 Å². The molecule has 30 heavy (non-hydrogen) atoms. The molecule has 0 bridgehead atoms. The van der Waals surface area contributed by atoms with E-state index in [1.54, 1.807) is 0 Å². The van der Waals surface area contributed by atoms with Gasteiger partial charge in [-0.1, -0.05) is 36.4 Å². The highest BCUT2D eigenvalue weighted by Crippen LogP contribution is 2.20. The number of hydrogen-bond donors (Lipinski definition) is 2. The molecule has 0 saturated carbocycles. The van der Waals surface area contributed by atoms with E-state index < -0.39 is 6.10 Å². The summed E-state index contributed by atoms with van der Waals surface area (Å²) in [5, 5.41) is 13.3. The van der Waals surface area contributed by atoms with Crippen LogP contribution in [0.15, 0.2) is 48.5 Å². The first-order valence-corrected chi connectivity index (χ1v) is 11.1. The Morgan fingerprint density at radius 3 is 2.60 bits per heavy atom. The molecule has 5 nitrogen and oxygen atoms in total. The molecular weight excluding hydrogens is 376 g/mol. The fourth-order valence-corrected chi connectivity index (χ4v) is 4.46. The number of fused-ring (bicyclic) bond motifs is 1. The second-order valence-electron chi connectivity index (χ2n) is 8.57. The van der Waals surface area contributed by atoms with Gasteiger partial charge in [-0.15, -0.1) is 0 Å². The van der Waals surface area contributed by atoms with E-state index in [1.165, 1.54) is 16.7 Å². The second kappa shape index (κ2) is 10.2. The van der Waals surface area contributed by atoms with Crippen molar-refractivity contribution < 1.29 is 14.6 Å².